The van der Waals surface area contributed by atoms with Crippen LogP contribution < -0.4 is 0 Å². The van der Waals surface area contributed by atoms with Gasteiger partial charge in [-0.15, -0.1) is 18.2 Å². The van der Waals surface area contributed by atoms with Crippen LogP contribution in [0.5, 0.6) is 0 Å². The molecule has 3 heterocycles. The van der Waals surface area contributed by atoms with Crippen LogP contribution in [-0.2, 0) is 24.9 Å². The smallest absolute Gasteiger partial charge is 0.164 e. The van der Waals surface area contributed by atoms with Gasteiger partial charge < -0.3 is 9.52 Å². The first kappa shape index (κ1) is 35.9. The molecule has 0 aliphatic rings. The van der Waals surface area contributed by atoms with Gasteiger partial charge in [0.2, 0.25) is 0 Å². The summed E-state index contributed by atoms with van der Waals surface area (Å²) in [4.78, 5) is 26.2. The van der Waals surface area contributed by atoms with Gasteiger partial charge in [0.25, 0.3) is 0 Å². The second kappa shape index (κ2) is 14.0. The molecule has 1 N–H and O–H groups in total. The Morgan fingerprint density at radius 1 is 0.894 bits per heavy atom. The van der Waals surface area contributed by atoms with Crippen molar-refractivity contribution < 1.29 is 34.4 Å². The van der Waals surface area contributed by atoms with E-state index in [2.05, 4.69) is 42.2 Å². The van der Waals surface area contributed by atoms with Gasteiger partial charge in [-0.25, -0.2) is 4.98 Å². The van der Waals surface area contributed by atoms with E-state index in [-0.39, 0.29) is 42.5 Å². The molecule has 6 nitrogen and oxygen atoms in total. The second-order valence-electron chi connectivity index (χ2n) is 13.1. The quantitative estimate of drug-likeness (QED) is 0.0748. The zero-order valence-electron chi connectivity index (χ0n) is 28.8. The van der Waals surface area contributed by atoms with Crippen molar-refractivity contribution in [3.05, 3.63) is 89.7 Å². The average Bonchev–Trinajstić information content (AvgIpc) is 3.44. The van der Waals surface area contributed by atoms with Crippen molar-refractivity contribution in [2.75, 3.05) is 0 Å². The molecule has 0 spiro atoms. The van der Waals surface area contributed by atoms with Crippen molar-refractivity contribution in [2.45, 2.75) is 81.6 Å². The molecule has 3 aromatic heterocycles. The normalized spacial score (nSPS) is 12.3. The van der Waals surface area contributed by atoms with Gasteiger partial charge in [0, 0.05) is 70.8 Å². The van der Waals surface area contributed by atoms with Crippen LogP contribution in [0.2, 0.25) is 0 Å². The molecule has 7 heteroatoms. The second-order valence-corrected chi connectivity index (χ2v) is 13.1. The summed E-state index contributed by atoms with van der Waals surface area (Å²) in [5.74, 6) is 0.963. The maximum absolute atomic E-state index is 12.1. The molecule has 0 aliphatic heterocycles. The summed E-state index contributed by atoms with van der Waals surface area (Å²) in [7, 11) is 0. The summed E-state index contributed by atoms with van der Waals surface area (Å²) in [6.45, 7) is 17.9. The van der Waals surface area contributed by atoms with Crippen molar-refractivity contribution in [3.63, 3.8) is 0 Å². The Morgan fingerprint density at radius 2 is 1.57 bits per heavy atom. The number of nitrogens with zero attached hydrogens (tertiary/aromatic N) is 3. The number of rotatable bonds is 7. The van der Waals surface area contributed by atoms with Crippen molar-refractivity contribution in [2.24, 2.45) is 10.8 Å². The number of furan rings is 1. The minimum absolute atomic E-state index is 0. The van der Waals surface area contributed by atoms with Crippen molar-refractivity contribution in [1.29, 1.82) is 0 Å². The van der Waals surface area contributed by atoms with Crippen molar-refractivity contribution in [1.82, 2.24) is 15.0 Å². The van der Waals surface area contributed by atoms with E-state index in [4.69, 9.17) is 14.4 Å². The van der Waals surface area contributed by atoms with Crippen LogP contribution in [0.3, 0.4) is 0 Å². The van der Waals surface area contributed by atoms with Crippen LogP contribution in [0, 0.1) is 37.7 Å². The van der Waals surface area contributed by atoms with Gasteiger partial charge in [-0.3, -0.25) is 14.8 Å². The molecular formula is C40H44IrN3O3-. The average molecular weight is 807 g/mol. The predicted octanol–water partition coefficient (Wildman–Crippen LogP) is 10.7. The van der Waals surface area contributed by atoms with Gasteiger partial charge in [-0.05, 0) is 57.0 Å². The van der Waals surface area contributed by atoms with Gasteiger partial charge in [-0.2, -0.15) is 0 Å². The van der Waals surface area contributed by atoms with Crippen LogP contribution in [0.25, 0.3) is 54.9 Å². The van der Waals surface area contributed by atoms with E-state index in [1.54, 1.807) is 0 Å². The zero-order chi connectivity index (χ0) is 33.4. The van der Waals surface area contributed by atoms with Crippen LogP contribution in [0.4, 0.5) is 0 Å². The SMILES string of the molecule is CCC(C)(CC)C(=O)/C=C(\O)C(C)(C)CC.Cc1nc(-c2[c-]ccc3c2oc2ccccc23)c2ccc3c(C)ncc(C)c3c2n1.[Ir]. The number of fused-ring (bicyclic) bond motifs is 6. The van der Waals surface area contributed by atoms with E-state index < -0.39 is 0 Å². The molecule has 0 saturated heterocycles. The molecule has 3 aromatic carbocycles. The number of para-hydroxylation sites is 1. The van der Waals surface area contributed by atoms with Crippen LogP contribution in [0.1, 0.15) is 77.9 Å². The Morgan fingerprint density at radius 3 is 2.26 bits per heavy atom. The van der Waals surface area contributed by atoms with Crippen molar-refractivity contribution in [3.8, 4) is 11.3 Å². The number of hydrogen-bond donors (Lipinski definition) is 1. The summed E-state index contributed by atoms with van der Waals surface area (Å²) >= 11 is 0. The van der Waals surface area contributed by atoms with E-state index in [1.807, 2.05) is 85.9 Å². The Bertz CT molecular complexity index is 2120. The number of carbonyl (C=O) groups excluding carboxylic acids is 1. The number of benzene rings is 3. The topological polar surface area (TPSA) is 89.1 Å². The molecule has 0 bridgehead atoms. The zero-order valence-corrected chi connectivity index (χ0v) is 31.2. The third-order valence-electron chi connectivity index (χ3n) is 9.79. The summed E-state index contributed by atoms with van der Waals surface area (Å²) in [5, 5.41) is 15.4. The summed E-state index contributed by atoms with van der Waals surface area (Å²) in [5.41, 5.74) is 5.79. The Labute approximate surface area is 291 Å². The van der Waals surface area contributed by atoms with Crippen molar-refractivity contribution >= 4 is 49.4 Å². The molecule has 0 amide bonds. The molecule has 0 fully saturated rings. The van der Waals surface area contributed by atoms with Gasteiger partial charge in [0.1, 0.15) is 17.2 Å². The maximum Gasteiger partial charge on any atom is 0.164 e. The number of carbonyl (C=O) groups is 1. The molecule has 6 rings (SSSR count). The fraction of sp³-hybridized carbons (Fsp3) is 0.350. The number of aryl methyl sites for hydroxylation is 3. The minimum atomic E-state index is -0.336. The van der Waals surface area contributed by atoms with E-state index >= 15 is 0 Å². The summed E-state index contributed by atoms with van der Waals surface area (Å²) in [6, 6.07) is 19.7. The van der Waals surface area contributed by atoms with Gasteiger partial charge in [0.15, 0.2) is 5.78 Å². The molecule has 6 aromatic rings. The molecule has 47 heavy (non-hydrogen) atoms. The van der Waals surface area contributed by atoms with Gasteiger partial charge >= 0.3 is 0 Å². The van der Waals surface area contributed by atoms with E-state index in [0.29, 0.717) is 0 Å². The van der Waals surface area contributed by atoms with E-state index in [1.165, 1.54) is 6.08 Å². The summed E-state index contributed by atoms with van der Waals surface area (Å²) < 4.78 is 6.26. The first-order valence-electron chi connectivity index (χ1n) is 16.2. The molecule has 0 atom stereocenters. The minimum Gasteiger partial charge on any atom is -0.512 e. The van der Waals surface area contributed by atoms with Crippen LogP contribution in [-0.4, -0.2) is 25.8 Å². The fourth-order valence-electron chi connectivity index (χ4n) is 5.67. The first-order chi connectivity index (χ1) is 21.8. The van der Waals surface area contributed by atoms with E-state index in [9.17, 15) is 9.90 Å². The monoisotopic (exact) mass is 807 g/mol. The van der Waals surface area contributed by atoms with E-state index in [0.717, 1.165) is 91.2 Å². The number of ketones is 1. The molecule has 247 valence electrons. The molecule has 0 saturated carbocycles. The number of hydrogen-bond acceptors (Lipinski definition) is 6. The fourth-order valence-corrected chi connectivity index (χ4v) is 5.67. The number of aliphatic hydroxyl groups is 1. The molecule has 0 aliphatic carbocycles. The number of aliphatic hydroxyl groups excluding tert-OH is 1. The summed E-state index contributed by atoms with van der Waals surface area (Å²) in [6.07, 6.45) is 5.77. The molecule has 0 unspecified atom stereocenters. The van der Waals surface area contributed by atoms with Gasteiger partial charge in [0.05, 0.1) is 11.1 Å². The molecule has 1 radical (unpaired) electrons. The van der Waals surface area contributed by atoms with Crippen LogP contribution in [0.15, 0.2) is 71.0 Å². The number of aromatic nitrogens is 3. The standard InChI is InChI=1S/C26H18N3O.C14H26O2.Ir/c1-14-13-27-15(2)17-11-12-20-24(28-16(3)29-25(20)23(14)17)21-9-6-8-19-18-7-4-5-10-22(18)30-26(19)21;1-7-13(4,5)11(15)10-12(16)14(6,8-2)9-3;/h4-8,10-13H,1-3H3;10,15H,7-9H2,1-6H3;/q-1;;/b;11-10-;. The molecular weight excluding hydrogens is 763 g/mol. The number of pyridine rings is 1. The Kier molecular flexibility index (Phi) is 10.7. The predicted molar refractivity (Wildman–Crippen MR) is 189 cm³/mol. The van der Waals surface area contributed by atoms with Crippen LogP contribution >= 0.6 is 0 Å². The maximum atomic E-state index is 12.1. The largest absolute Gasteiger partial charge is 0.512 e. The first-order valence-corrected chi connectivity index (χ1v) is 16.2. The van der Waals surface area contributed by atoms with Gasteiger partial charge in [-0.1, -0.05) is 82.8 Å². The third kappa shape index (κ3) is 6.75. The Balaban J connectivity index is 0.000000254. The number of allylic oxidation sites excluding steroid dienone is 2. The third-order valence-corrected chi connectivity index (χ3v) is 9.79. The Hall–Kier alpha value is -3.93.